The molecular weight excluding hydrogens is 359 g/mol. The molecule has 1 heterocycles. The van der Waals surface area contributed by atoms with Crippen LogP contribution in [-0.2, 0) is 4.79 Å². The third-order valence-corrected chi connectivity index (χ3v) is 4.85. The number of carbonyl (C=O) groups is 2. The quantitative estimate of drug-likeness (QED) is 0.776. The number of amides is 3. The molecule has 0 aliphatic heterocycles. The molecule has 3 amide bonds. The number of hydrogen-bond acceptors (Lipinski definition) is 6. The molecule has 1 aromatic carbocycles. The largest absolute Gasteiger partial charge is 0.411 e. The van der Waals surface area contributed by atoms with Crippen LogP contribution in [0, 0.1) is 5.82 Å². The number of nitrogens with one attached hydrogen (secondary N) is 2. The molecule has 0 spiro atoms. The molecule has 1 aliphatic carbocycles. The Labute approximate surface area is 154 Å². The van der Waals surface area contributed by atoms with Gasteiger partial charge in [0, 0.05) is 6.04 Å². The van der Waals surface area contributed by atoms with Crippen molar-refractivity contribution in [3.63, 3.8) is 0 Å². The van der Waals surface area contributed by atoms with Crippen molar-refractivity contribution in [2.24, 2.45) is 0 Å². The Morgan fingerprint density at radius 2 is 1.96 bits per heavy atom. The van der Waals surface area contributed by atoms with E-state index in [-0.39, 0.29) is 28.5 Å². The van der Waals surface area contributed by atoms with Gasteiger partial charge in [-0.3, -0.25) is 10.1 Å². The molecule has 138 valence electrons. The van der Waals surface area contributed by atoms with Gasteiger partial charge in [-0.1, -0.05) is 43.2 Å². The number of urea groups is 1. The Balaban J connectivity index is 1.46. The molecule has 0 atom stereocenters. The number of hydrogen-bond donors (Lipinski definition) is 2. The number of rotatable bonds is 5. The number of aromatic nitrogens is 2. The lowest BCUT2D eigenvalue weighted by molar-refractivity contribution is -0.117. The van der Waals surface area contributed by atoms with Gasteiger partial charge >= 0.3 is 6.03 Å². The average Bonchev–Trinajstić information content (AvgIpc) is 3.10. The van der Waals surface area contributed by atoms with Crippen LogP contribution in [0.2, 0.25) is 0 Å². The summed E-state index contributed by atoms with van der Waals surface area (Å²) in [5, 5.41) is 12.8. The molecule has 1 aromatic heterocycles. The van der Waals surface area contributed by atoms with Crippen LogP contribution in [-0.4, -0.2) is 33.9 Å². The second kappa shape index (κ2) is 8.79. The lowest BCUT2D eigenvalue weighted by Crippen LogP contribution is -2.45. The minimum absolute atomic E-state index is 0.0426. The first-order valence-electron chi connectivity index (χ1n) is 8.43. The van der Waals surface area contributed by atoms with Gasteiger partial charge in [0.1, 0.15) is 5.82 Å². The molecule has 3 rings (SSSR count). The highest BCUT2D eigenvalue weighted by Gasteiger charge is 2.18. The predicted molar refractivity (Wildman–Crippen MR) is 94.0 cm³/mol. The summed E-state index contributed by atoms with van der Waals surface area (Å²) in [6.07, 6.45) is 5.26. The number of thioether (sulfide) groups is 1. The van der Waals surface area contributed by atoms with Gasteiger partial charge in [-0.25, -0.2) is 9.18 Å². The minimum atomic E-state index is -0.486. The highest BCUT2D eigenvalue weighted by Crippen LogP contribution is 2.24. The summed E-state index contributed by atoms with van der Waals surface area (Å²) in [5.74, 6) is -0.948. The van der Waals surface area contributed by atoms with E-state index in [9.17, 15) is 14.0 Å². The lowest BCUT2D eigenvalue weighted by atomic mass is 9.96. The van der Waals surface area contributed by atoms with Crippen molar-refractivity contribution in [1.82, 2.24) is 20.8 Å². The van der Waals surface area contributed by atoms with Gasteiger partial charge in [-0.15, -0.1) is 10.2 Å². The maximum Gasteiger partial charge on any atom is 0.321 e. The Kier molecular flexibility index (Phi) is 6.21. The van der Waals surface area contributed by atoms with Crippen molar-refractivity contribution in [3.8, 4) is 11.5 Å². The smallest absolute Gasteiger partial charge is 0.321 e. The Hall–Kier alpha value is -2.42. The molecule has 1 fully saturated rings. The van der Waals surface area contributed by atoms with E-state index in [0.29, 0.717) is 0 Å². The molecule has 1 aliphatic rings. The summed E-state index contributed by atoms with van der Waals surface area (Å²) in [6.45, 7) is 0. The van der Waals surface area contributed by atoms with E-state index in [1.807, 2.05) is 0 Å². The Morgan fingerprint density at radius 1 is 1.19 bits per heavy atom. The maximum atomic E-state index is 13.7. The van der Waals surface area contributed by atoms with Crippen molar-refractivity contribution < 1.29 is 18.4 Å². The van der Waals surface area contributed by atoms with Crippen LogP contribution in [0.15, 0.2) is 33.9 Å². The van der Waals surface area contributed by atoms with Crippen LogP contribution in [0.25, 0.3) is 11.5 Å². The monoisotopic (exact) mass is 378 g/mol. The highest BCUT2D eigenvalue weighted by molar-refractivity contribution is 7.99. The normalized spacial score (nSPS) is 14.8. The maximum absolute atomic E-state index is 13.7. The first-order chi connectivity index (χ1) is 12.6. The van der Waals surface area contributed by atoms with E-state index in [2.05, 4.69) is 20.8 Å². The number of halogens is 1. The van der Waals surface area contributed by atoms with E-state index in [1.165, 1.54) is 18.6 Å². The van der Waals surface area contributed by atoms with Crippen LogP contribution >= 0.6 is 11.8 Å². The summed E-state index contributed by atoms with van der Waals surface area (Å²) in [6, 6.07) is 5.69. The highest BCUT2D eigenvalue weighted by atomic mass is 32.2. The summed E-state index contributed by atoms with van der Waals surface area (Å²) >= 11 is 0.983. The fraction of sp³-hybridized carbons (Fsp3) is 0.412. The molecule has 7 nitrogen and oxygen atoms in total. The molecule has 0 saturated heterocycles. The zero-order valence-corrected chi connectivity index (χ0v) is 14.9. The van der Waals surface area contributed by atoms with Gasteiger partial charge in [0.25, 0.3) is 11.1 Å². The molecule has 0 radical (unpaired) electrons. The molecule has 2 N–H and O–H groups in total. The summed E-state index contributed by atoms with van der Waals surface area (Å²) in [7, 11) is 0. The molecule has 0 bridgehead atoms. The molecule has 0 unspecified atom stereocenters. The van der Waals surface area contributed by atoms with Gasteiger partial charge < -0.3 is 9.73 Å². The second-order valence-electron chi connectivity index (χ2n) is 6.00. The third-order valence-electron chi connectivity index (χ3n) is 4.03. The van der Waals surface area contributed by atoms with Gasteiger partial charge in [0.15, 0.2) is 0 Å². The molecule has 1 saturated carbocycles. The standard InChI is InChI=1S/C17H19FN4O3S/c18-13-9-5-4-8-12(13)15-21-22-17(25-15)26-10-14(23)20-16(24)19-11-6-2-1-3-7-11/h4-5,8-9,11H,1-3,6-7,10H2,(H2,19,20,23,24). The summed E-state index contributed by atoms with van der Waals surface area (Å²) < 4.78 is 19.0. The van der Waals surface area contributed by atoms with E-state index >= 15 is 0 Å². The van der Waals surface area contributed by atoms with Crippen molar-refractivity contribution >= 4 is 23.7 Å². The number of benzene rings is 1. The molecular formula is C17H19FN4O3S. The van der Waals surface area contributed by atoms with Crippen LogP contribution in [0.5, 0.6) is 0 Å². The summed E-state index contributed by atoms with van der Waals surface area (Å²) in [4.78, 5) is 23.7. The first-order valence-corrected chi connectivity index (χ1v) is 9.42. The van der Waals surface area contributed by atoms with Crippen molar-refractivity contribution in [3.05, 3.63) is 30.1 Å². The van der Waals surface area contributed by atoms with Crippen LogP contribution < -0.4 is 10.6 Å². The third kappa shape index (κ3) is 5.04. The van der Waals surface area contributed by atoms with Crippen molar-refractivity contribution in [2.75, 3.05) is 5.75 Å². The number of carbonyl (C=O) groups excluding carboxylic acids is 2. The van der Waals surface area contributed by atoms with Crippen LogP contribution in [0.4, 0.5) is 9.18 Å². The van der Waals surface area contributed by atoms with Crippen LogP contribution in [0.1, 0.15) is 32.1 Å². The fourth-order valence-electron chi connectivity index (χ4n) is 2.77. The van der Waals surface area contributed by atoms with Crippen molar-refractivity contribution in [2.45, 2.75) is 43.4 Å². The Morgan fingerprint density at radius 3 is 2.73 bits per heavy atom. The summed E-state index contributed by atoms with van der Waals surface area (Å²) in [5.41, 5.74) is 0.197. The lowest BCUT2D eigenvalue weighted by Gasteiger charge is -2.22. The van der Waals surface area contributed by atoms with Crippen molar-refractivity contribution in [1.29, 1.82) is 0 Å². The molecule has 26 heavy (non-hydrogen) atoms. The van der Waals surface area contributed by atoms with Gasteiger partial charge in [0.05, 0.1) is 11.3 Å². The SMILES string of the molecule is O=C(CSc1nnc(-c2ccccc2F)o1)NC(=O)NC1CCCCC1. The molecule has 9 heteroatoms. The average molecular weight is 378 g/mol. The zero-order chi connectivity index (χ0) is 18.4. The second-order valence-corrected chi connectivity index (χ2v) is 6.92. The predicted octanol–water partition coefficient (Wildman–Crippen LogP) is 3.13. The van der Waals surface area contributed by atoms with E-state index in [1.54, 1.807) is 12.1 Å². The van der Waals surface area contributed by atoms with E-state index in [0.717, 1.165) is 37.4 Å². The fourth-order valence-corrected chi connectivity index (χ4v) is 3.33. The van der Waals surface area contributed by atoms with E-state index < -0.39 is 17.8 Å². The minimum Gasteiger partial charge on any atom is -0.411 e. The Bertz CT molecular complexity index is 777. The van der Waals surface area contributed by atoms with Gasteiger partial charge in [0.2, 0.25) is 5.91 Å². The van der Waals surface area contributed by atoms with Crippen LogP contribution in [0.3, 0.4) is 0 Å². The molecule has 2 aromatic rings. The van der Waals surface area contributed by atoms with Gasteiger partial charge in [-0.05, 0) is 25.0 Å². The number of nitrogens with zero attached hydrogens (tertiary/aromatic N) is 2. The number of imide groups is 1. The first kappa shape index (κ1) is 18.4. The topological polar surface area (TPSA) is 97.1 Å². The zero-order valence-electron chi connectivity index (χ0n) is 14.0. The van der Waals surface area contributed by atoms with Gasteiger partial charge in [-0.2, -0.15) is 0 Å². The van der Waals surface area contributed by atoms with E-state index in [4.69, 9.17) is 4.42 Å².